The van der Waals surface area contributed by atoms with Crippen LogP contribution in [0.5, 0.6) is 0 Å². The predicted octanol–water partition coefficient (Wildman–Crippen LogP) is 3.64. The number of hydrogen-bond donors (Lipinski definition) is 0. The number of fused-ring (bicyclic) bond motifs is 1. The molecule has 0 saturated carbocycles. The summed E-state index contributed by atoms with van der Waals surface area (Å²) in [5, 5.41) is 0.141. The highest BCUT2D eigenvalue weighted by molar-refractivity contribution is 6.32. The lowest BCUT2D eigenvalue weighted by Gasteiger charge is -2.29. The second-order valence-electron chi connectivity index (χ2n) is 6.76. The summed E-state index contributed by atoms with van der Waals surface area (Å²) < 4.78 is 26.9. The van der Waals surface area contributed by atoms with Crippen LogP contribution in [-0.4, -0.2) is 46.5 Å². The molecule has 0 spiro atoms. The predicted molar refractivity (Wildman–Crippen MR) is 97.3 cm³/mol. The molecule has 0 N–H and O–H groups in total. The molecular weight excluding hydrogens is 362 g/mol. The van der Waals surface area contributed by atoms with Crippen LogP contribution in [-0.2, 0) is 4.79 Å². The zero-order valence-electron chi connectivity index (χ0n) is 15.0. The number of halogens is 3. The standard InChI is InChI=1S/C18H21ClF2N4O/c1-4-25(18(26)10(2)3)11-5-6-24(9-11)17-16(19)22-14-7-12(20)13(21)8-15(14)23-17/h7-8,10-11H,4-6,9H2,1-3H3. The van der Waals surface area contributed by atoms with Crippen LogP contribution in [0, 0.1) is 17.6 Å². The maximum absolute atomic E-state index is 13.5. The molecule has 0 bridgehead atoms. The molecule has 1 saturated heterocycles. The van der Waals surface area contributed by atoms with Crippen molar-refractivity contribution in [2.24, 2.45) is 5.92 Å². The number of aromatic nitrogens is 2. The van der Waals surface area contributed by atoms with Crippen molar-refractivity contribution in [2.45, 2.75) is 33.2 Å². The van der Waals surface area contributed by atoms with Crippen molar-refractivity contribution in [3.63, 3.8) is 0 Å². The van der Waals surface area contributed by atoms with Gasteiger partial charge in [0.15, 0.2) is 22.6 Å². The molecule has 1 aliphatic rings. The first kappa shape index (κ1) is 18.8. The van der Waals surface area contributed by atoms with Gasteiger partial charge in [-0.1, -0.05) is 25.4 Å². The second-order valence-corrected chi connectivity index (χ2v) is 7.12. The molecule has 140 valence electrons. The second kappa shape index (κ2) is 7.31. The van der Waals surface area contributed by atoms with Gasteiger partial charge in [-0.15, -0.1) is 0 Å². The number of benzene rings is 1. The van der Waals surface area contributed by atoms with Crippen LogP contribution in [0.15, 0.2) is 12.1 Å². The molecule has 8 heteroatoms. The van der Waals surface area contributed by atoms with Crippen molar-refractivity contribution in [3.8, 4) is 0 Å². The summed E-state index contributed by atoms with van der Waals surface area (Å²) >= 11 is 6.24. The fourth-order valence-corrected chi connectivity index (χ4v) is 3.59. The molecule has 2 heterocycles. The molecule has 1 atom stereocenters. The zero-order chi connectivity index (χ0) is 19.0. The minimum Gasteiger partial charge on any atom is -0.352 e. The highest BCUT2D eigenvalue weighted by atomic mass is 35.5. The van der Waals surface area contributed by atoms with E-state index in [0.29, 0.717) is 25.5 Å². The van der Waals surface area contributed by atoms with Crippen LogP contribution < -0.4 is 4.90 Å². The third-order valence-electron chi connectivity index (χ3n) is 4.67. The highest BCUT2D eigenvalue weighted by Crippen LogP contribution is 2.30. The molecule has 1 unspecified atom stereocenters. The van der Waals surface area contributed by atoms with E-state index < -0.39 is 11.6 Å². The fourth-order valence-electron chi connectivity index (χ4n) is 3.34. The topological polar surface area (TPSA) is 49.3 Å². The molecule has 1 aromatic heterocycles. The van der Waals surface area contributed by atoms with Crippen molar-refractivity contribution in [2.75, 3.05) is 24.5 Å². The quantitative estimate of drug-likeness (QED) is 0.810. The zero-order valence-corrected chi connectivity index (χ0v) is 15.7. The minimum absolute atomic E-state index is 0.0633. The fraction of sp³-hybridized carbons (Fsp3) is 0.500. The Balaban J connectivity index is 1.87. The molecular formula is C18H21ClF2N4O. The van der Waals surface area contributed by atoms with Crippen LogP contribution in [0.4, 0.5) is 14.6 Å². The smallest absolute Gasteiger partial charge is 0.225 e. The van der Waals surface area contributed by atoms with Crippen molar-refractivity contribution in [1.82, 2.24) is 14.9 Å². The van der Waals surface area contributed by atoms with Gasteiger partial charge in [-0.3, -0.25) is 4.79 Å². The minimum atomic E-state index is -0.984. The highest BCUT2D eigenvalue weighted by Gasteiger charge is 2.32. The molecule has 0 aliphatic carbocycles. The summed E-state index contributed by atoms with van der Waals surface area (Å²) in [7, 11) is 0. The molecule has 1 aromatic carbocycles. The third-order valence-corrected chi connectivity index (χ3v) is 4.92. The number of likely N-dealkylation sites (N-methyl/N-ethyl adjacent to an activating group) is 1. The molecule has 26 heavy (non-hydrogen) atoms. The van der Waals surface area contributed by atoms with Crippen molar-refractivity contribution in [3.05, 3.63) is 28.9 Å². The Bertz CT molecular complexity index is 846. The largest absolute Gasteiger partial charge is 0.352 e. The average Bonchev–Trinajstić information content (AvgIpc) is 3.06. The van der Waals surface area contributed by atoms with E-state index in [1.165, 1.54) is 0 Å². The lowest BCUT2D eigenvalue weighted by Crippen LogP contribution is -2.43. The van der Waals surface area contributed by atoms with Gasteiger partial charge in [0.25, 0.3) is 0 Å². The number of nitrogens with zero attached hydrogens (tertiary/aromatic N) is 4. The Labute approximate surface area is 156 Å². The number of anilines is 1. The third kappa shape index (κ3) is 3.45. The molecule has 0 radical (unpaired) electrons. The van der Waals surface area contributed by atoms with E-state index in [2.05, 4.69) is 9.97 Å². The van der Waals surface area contributed by atoms with E-state index in [0.717, 1.165) is 18.6 Å². The Morgan fingerprint density at radius 2 is 1.92 bits per heavy atom. The monoisotopic (exact) mass is 382 g/mol. The first-order chi connectivity index (χ1) is 12.3. The number of rotatable bonds is 4. The lowest BCUT2D eigenvalue weighted by molar-refractivity contribution is -0.136. The van der Waals surface area contributed by atoms with Gasteiger partial charge in [-0.25, -0.2) is 18.7 Å². The van der Waals surface area contributed by atoms with Gasteiger partial charge in [-0.2, -0.15) is 0 Å². The van der Waals surface area contributed by atoms with E-state index in [-0.39, 0.29) is 34.1 Å². The Kier molecular flexibility index (Phi) is 5.27. The van der Waals surface area contributed by atoms with Gasteiger partial charge in [-0.05, 0) is 13.3 Å². The van der Waals surface area contributed by atoms with Crippen LogP contribution in [0.25, 0.3) is 11.0 Å². The molecule has 2 aromatic rings. The molecule has 1 aliphatic heterocycles. The summed E-state index contributed by atoms with van der Waals surface area (Å²) in [6.45, 7) is 7.61. The molecule has 3 rings (SSSR count). The molecule has 1 amide bonds. The van der Waals surface area contributed by atoms with Crippen molar-refractivity contribution in [1.29, 1.82) is 0 Å². The Hall–Kier alpha value is -2.02. The first-order valence-electron chi connectivity index (χ1n) is 8.69. The summed E-state index contributed by atoms with van der Waals surface area (Å²) in [5.41, 5.74) is 0.455. The van der Waals surface area contributed by atoms with Gasteiger partial charge in [0, 0.05) is 37.7 Å². The van der Waals surface area contributed by atoms with Crippen molar-refractivity contribution < 1.29 is 13.6 Å². The summed E-state index contributed by atoms with van der Waals surface area (Å²) in [6, 6.07) is 2.07. The van der Waals surface area contributed by atoms with Crippen molar-refractivity contribution >= 4 is 34.4 Å². The normalized spacial score (nSPS) is 17.3. The molecule has 5 nitrogen and oxygen atoms in total. The van der Waals surface area contributed by atoms with E-state index in [1.807, 2.05) is 30.6 Å². The van der Waals surface area contributed by atoms with Crippen LogP contribution >= 0.6 is 11.6 Å². The summed E-state index contributed by atoms with van der Waals surface area (Å²) in [6.07, 6.45) is 0.792. The van der Waals surface area contributed by atoms with Gasteiger partial charge in [0.1, 0.15) is 0 Å². The van der Waals surface area contributed by atoms with Crippen LogP contribution in [0.1, 0.15) is 27.2 Å². The van der Waals surface area contributed by atoms with E-state index >= 15 is 0 Å². The summed E-state index contributed by atoms with van der Waals surface area (Å²) in [4.78, 5) is 24.7. The lowest BCUT2D eigenvalue weighted by atomic mass is 10.1. The maximum atomic E-state index is 13.5. The number of amides is 1. The van der Waals surface area contributed by atoms with Gasteiger partial charge >= 0.3 is 0 Å². The number of carbonyl (C=O) groups is 1. The van der Waals surface area contributed by atoms with Gasteiger partial charge in [0.05, 0.1) is 17.1 Å². The van der Waals surface area contributed by atoms with Gasteiger partial charge in [0.2, 0.25) is 5.91 Å². The maximum Gasteiger partial charge on any atom is 0.225 e. The van der Waals surface area contributed by atoms with E-state index in [9.17, 15) is 13.6 Å². The Morgan fingerprint density at radius 3 is 2.50 bits per heavy atom. The average molecular weight is 383 g/mol. The molecule has 1 fully saturated rings. The number of carbonyl (C=O) groups excluding carboxylic acids is 1. The Morgan fingerprint density at radius 1 is 1.31 bits per heavy atom. The van der Waals surface area contributed by atoms with Crippen LogP contribution in [0.2, 0.25) is 5.15 Å². The van der Waals surface area contributed by atoms with Crippen LogP contribution in [0.3, 0.4) is 0 Å². The van der Waals surface area contributed by atoms with Gasteiger partial charge < -0.3 is 9.80 Å². The SMILES string of the molecule is CCN(C(=O)C(C)C)C1CCN(c2nc3cc(F)c(F)cc3nc2Cl)C1. The van der Waals surface area contributed by atoms with E-state index in [4.69, 9.17) is 11.6 Å². The van der Waals surface area contributed by atoms with E-state index in [1.54, 1.807) is 0 Å². The first-order valence-corrected chi connectivity index (χ1v) is 9.07. The summed E-state index contributed by atoms with van der Waals surface area (Å²) in [5.74, 6) is -1.47. The number of hydrogen-bond acceptors (Lipinski definition) is 4.